The van der Waals surface area contributed by atoms with Crippen molar-refractivity contribution in [3.8, 4) is 5.75 Å². The van der Waals surface area contributed by atoms with E-state index in [0.717, 1.165) is 75.8 Å². The van der Waals surface area contributed by atoms with Gasteiger partial charge in [0, 0.05) is 68.6 Å². The fraction of sp³-hybridized carbons (Fsp3) is 0.351. The second-order valence-corrected chi connectivity index (χ2v) is 17.3. The van der Waals surface area contributed by atoms with Gasteiger partial charge in [0.25, 0.3) is 0 Å². The first-order valence-electron chi connectivity index (χ1n) is 16.6. The lowest BCUT2D eigenvalue weighted by atomic mass is 10.0. The summed E-state index contributed by atoms with van der Waals surface area (Å²) in [6, 6.07) is 23.5. The normalized spacial score (nSPS) is 16.8. The molecule has 48 heavy (non-hydrogen) atoms. The van der Waals surface area contributed by atoms with E-state index in [1.807, 2.05) is 37.6 Å². The maximum atomic E-state index is 13.8. The number of aromatic nitrogens is 2. The second kappa shape index (κ2) is 13.7. The zero-order valence-electron chi connectivity index (χ0n) is 28.0. The first-order valence-corrected chi connectivity index (χ1v) is 20.0. The molecule has 0 atom stereocenters. The minimum atomic E-state index is -2.70. The van der Waals surface area contributed by atoms with E-state index in [4.69, 9.17) is 9.72 Å². The molecule has 2 aliphatic heterocycles. The van der Waals surface area contributed by atoms with Gasteiger partial charge in [-0.05, 0) is 88.9 Å². The largest absolute Gasteiger partial charge is 0.494 e. The van der Waals surface area contributed by atoms with Crippen molar-refractivity contribution < 1.29 is 9.30 Å². The molecule has 0 unspecified atom stereocenters. The summed E-state index contributed by atoms with van der Waals surface area (Å²) in [6.45, 7) is 10.4. The van der Waals surface area contributed by atoms with Gasteiger partial charge in [-0.15, -0.1) is 0 Å². The fourth-order valence-electron chi connectivity index (χ4n) is 7.17. The average Bonchev–Trinajstić information content (AvgIpc) is 3.09. The highest BCUT2D eigenvalue weighted by Crippen LogP contribution is 2.43. The summed E-state index contributed by atoms with van der Waals surface area (Å²) in [5.74, 6) is 1.72. The molecule has 0 radical (unpaired) electrons. The number of nitrogens with zero attached hydrogens (tertiary/aromatic N) is 5. The molecule has 2 aliphatic rings. The van der Waals surface area contributed by atoms with Crippen LogP contribution in [0, 0.1) is 0 Å². The Kier molecular flexibility index (Phi) is 9.35. The Morgan fingerprint density at radius 2 is 1.58 bits per heavy atom. The molecule has 0 bridgehead atoms. The van der Waals surface area contributed by atoms with Gasteiger partial charge < -0.3 is 29.7 Å². The van der Waals surface area contributed by atoms with Crippen LogP contribution >= 0.6 is 23.1 Å². The number of halogens is 1. The first kappa shape index (κ1) is 32.8. The number of ether oxygens (including phenoxy) is 1. The van der Waals surface area contributed by atoms with E-state index in [1.54, 1.807) is 13.3 Å². The maximum absolute atomic E-state index is 13.8. The van der Waals surface area contributed by atoms with Crippen molar-refractivity contribution in [3.63, 3.8) is 0 Å². The Bertz CT molecular complexity index is 2000. The van der Waals surface area contributed by atoms with Crippen molar-refractivity contribution in [2.45, 2.75) is 18.9 Å². The third kappa shape index (κ3) is 6.77. The molecule has 2 N–H and O–H groups in total. The van der Waals surface area contributed by atoms with Crippen LogP contribution in [0.15, 0.2) is 77.4 Å². The predicted octanol–water partition coefficient (Wildman–Crippen LogP) is 7.51. The summed E-state index contributed by atoms with van der Waals surface area (Å²) < 4.78 is 20.3. The van der Waals surface area contributed by atoms with Crippen LogP contribution in [0.1, 0.15) is 12.8 Å². The number of piperidine rings is 1. The van der Waals surface area contributed by atoms with Gasteiger partial charge in [-0.3, -0.25) is 4.90 Å². The number of hydrogen-bond donors (Lipinski definition) is 2. The summed E-state index contributed by atoms with van der Waals surface area (Å²) in [5.41, 5.74) is 2.70. The van der Waals surface area contributed by atoms with Crippen molar-refractivity contribution in [1.29, 1.82) is 0 Å². The van der Waals surface area contributed by atoms with E-state index in [2.05, 4.69) is 95.8 Å². The number of nitrogens with one attached hydrogen (secondary N) is 2. The minimum Gasteiger partial charge on any atom is -0.494 e. The first-order chi connectivity index (χ1) is 23.2. The summed E-state index contributed by atoms with van der Waals surface area (Å²) in [6.07, 6.45) is 4.07. The van der Waals surface area contributed by atoms with Gasteiger partial charge in [0.1, 0.15) is 18.7 Å². The van der Waals surface area contributed by atoms with E-state index in [0.29, 0.717) is 22.3 Å². The SMILES string of the molecule is COc1cc(N2CCC(N3CCN(C)CC3)CC2)ccc1Nc1ncc(Br)c(Nc2ccc3c(ccc4ccccc43)c2P(C)(C)=O)n1. The van der Waals surface area contributed by atoms with Gasteiger partial charge in [-0.2, -0.15) is 4.98 Å². The molecule has 0 aliphatic carbocycles. The Morgan fingerprint density at radius 3 is 2.33 bits per heavy atom. The van der Waals surface area contributed by atoms with Gasteiger partial charge >= 0.3 is 0 Å². The quantitative estimate of drug-likeness (QED) is 0.125. The lowest BCUT2D eigenvalue weighted by molar-refractivity contribution is 0.0982. The van der Waals surface area contributed by atoms with Crippen LogP contribution in [0.4, 0.5) is 28.8 Å². The van der Waals surface area contributed by atoms with Crippen molar-refractivity contribution >= 4 is 78.7 Å². The van der Waals surface area contributed by atoms with Gasteiger partial charge in [-0.25, -0.2) is 4.98 Å². The molecule has 1 aromatic heterocycles. The van der Waals surface area contributed by atoms with Gasteiger partial charge in [0.2, 0.25) is 5.95 Å². The molecule has 2 fully saturated rings. The van der Waals surface area contributed by atoms with Crippen LogP contribution in [-0.4, -0.2) is 92.6 Å². The highest BCUT2D eigenvalue weighted by molar-refractivity contribution is 9.10. The Morgan fingerprint density at radius 1 is 0.854 bits per heavy atom. The average molecular weight is 729 g/mol. The molecule has 250 valence electrons. The summed E-state index contributed by atoms with van der Waals surface area (Å²) in [4.78, 5) is 16.9. The summed E-state index contributed by atoms with van der Waals surface area (Å²) in [5, 5.41) is 12.0. The lowest BCUT2D eigenvalue weighted by Gasteiger charge is -2.42. The van der Waals surface area contributed by atoms with E-state index < -0.39 is 7.14 Å². The summed E-state index contributed by atoms with van der Waals surface area (Å²) >= 11 is 3.62. The highest BCUT2D eigenvalue weighted by Gasteiger charge is 2.27. The van der Waals surface area contributed by atoms with Crippen molar-refractivity contribution in [3.05, 3.63) is 77.4 Å². The number of hydrogen-bond acceptors (Lipinski definition) is 9. The van der Waals surface area contributed by atoms with Crippen LogP contribution in [0.5, 0.6) is 5.75 Å². The zero-order chi connectivity index (χ0) is 33.4. The fourth-order valence-corrected chi connectivity index (χ4v) is 8.95. The molecule has 0 spiro atoms. The molecule has 9 nitrogen and oxygen atoms in total. The predicted molar refractivity (Wildman–Crippen MR) is 204 cm³/mol. The molecular weight excluding hydrogens is 685 g/mol. The molecular formula is C37H43BrN7O2P. The molecule has 4 aromatic carbocycles. The van der Waals surface area contributed by atoms with Crippen LogP contribution < -0.4 is 25.6 Å². The van der Waals surface area contributed by atoms with Gasteiger partial charge in [0.15, 0.2) is 0 Å². The molecule has 2 saturated heterocycles. The molecule has 5 aromatic rings. The third-order valence-corrected chi connectivity index (χ3v) is 11.9. The van der Waals surface area contributed by atoms with Crippen LogP contribution in [0.3, 0.4) is 0 Å². The topological polar surface area (TPSA) is 85.9 Å². The van der Waals surface area contributed by atoms with E-state index >= 15 is 0 Å². The number of rotatable bonds is 8. The van der Waals surface area contributed by atoms with Gasteiger partial charge in [-0.1, -0.05) is 42.5 Å². The summed E-state index contributed by atoms with van der Waals surface area (Å²) in [7, 11) is 1.21. The molecule has 11 heteroatoms. The zero-order valence-corrected chi connectivity index (χ0v) is 30.5. The molecule has 0 amide bonds. The molecule has 0 saturated carbocycles. The number of anilines is 5. The third-order valence-electron chi connectivity index (χ3n) is 9.75. The minimum absolute atomic E-state index is 0.421. The van der Waals surface area contributed by atoms with Crippen molar-refractivity contribution in [2.75, 3.05) is 82.3 Å². The number of fused-ring (bicyclic) bond motifs is 3. The Balaban J connectivity index is 1.10. The van der Waals surface area contributed by atoms with E-state index in [1.165, 1.54) is 25.9 Å². The number of piperazine rings is 1. The second-order valence-electron chi connectivity index (χ2n) is 13.3. The number of benzene rings is 4. The van der Waals surface area contributed by atoms with E-state index in [9.17, 15) is 4.57 Å². The lowest BCUT2D eigenvalue weighted by Crippen LogP contribution is -2.52. The van der Waals surface area contributed by atoms with Crippen LogP contribution in [0.25, 0.3) is 21.5 Å². The van der Waals surface area contributed by atoms with Crippen LogP contribution in [-0.2, 0) is 4.57 Å². The van der Waals surface area contributed by atoms with Crippen molar-refractivity contribution in [1.82, 2.24) is 19.8 Å². The molecule has 3 heterocycles. The highest BCUT2D eigenvalue weighted by atomic mass is 79.9. The Labute approximate surface area is 291 Å². The Hall–Kier alpha value is -3.69. The number of methoxy groups -OCH3 is 1. The number of likely N-dealkylation sites (N-methyl/N-ethyl adjacent to an activating group) is 1. The van der Waals surface area contributed by atoms with Gasteiger partial charge in [0.05, 0.1) is 23.0 Å². The van der Waals surface area contributed by atoms with E-state index in [-0.39, 0.29) is 0 Å². The van der Waals surface area contributed by atoms with Crippen molar-refractivity contribution in [2.24, 2.45) is 0 Å². The monoisotopic (exact) mass is 727 g/mol. The maximum Gasteiger partial charge on any atom is 0.229 e. The smallest absolute Gasteiger partial charge is 0.229 e. The molecule has 7 rings (SSSR count). The standard InChI is InChI=1S/C37H43BrN7O2P/c1-43-19-21-45(22-20-43)26-15-17-44(18-16-26)27-10-13-32(34(23-27)47-2)41-37-39-24-31(38)36(42-37)40-33-14-12-29-28-8-6-5-7-25(28)9-11-30(29)35(33)48(3,4)46/h5-14,23-24,26H,15-22H2,1-4H3,(H2,39,40,41,42). The van der Waals surface area contributed by atoms with Crippen LogP contribution in [0.2, 0.25) is 0 Å².